The first-order chi connectivity index (χ1) is 7.84. The summed E-state index contributed by atoms with van der Waals surface area (Å²) in [5.74, 6) is -1.10. The number of anilines is 1. The number of halogens is 1. The first-order valence-electron chi connectivity index (χ1n) is 4.46. The molecule has 17 heavy (non-hydrogen) atoms. The van der Waals surface area contributed by atoms with Gasteiger partial charge >= 0.3 is 0 Å². The van der Waals surface area contributed by atoms with E-state index in [-0.39, 0.29) is 16.4 Å². The van der Waals surface area contributed by atoms with Crippen molar-refractivity contribution in [2.75, 3.05) is 17.6 Å². The van der Waals surface area contributed by atoms with Gasteiger partial charge in [0.2, 0.25) is 10.0 Å². The van der Waals surface area contributed by atoms with Crippen LogP contribution in [0.1, 0.15) is 0 Å². The molecule has 0 saturated carbocycles. The largest absolute Gasteiger partial charge is 0.494 e. The Labute approximate surface area is 104 Å². The zero-order valence-electron chi connectivity index (χ0n) is 8.94. The smallest absolute Gasteiger partial charge is 0.239 e. The van der Waals surface area contributed by atoms with E-state index < -0.39 is 21.6 Å². The first kappa shape index (κ1) is 13.7. The lowest BCUT2D eigenvalue weighted by atomic mass is 10.3. The van der Waals surface area contributed by atoms with Crippen molar-refractivity contribution in [3.8, 4) is 5.75 Å². The van der Waals surface area contributed by atoms with Gasteiger partial charge in [-0.3, -0.25) is 4.72 Å². The minimum absolute atomic E-state index is 0.0551. The number of nitrogens with one attached hydrogen (secondary N) is 1. The molecule has 1 rings (SSSR count). The molecular weight excluding hydrogens is 267 g/mol. The van der Waals surface area contributed by atoms with E-state index in [9.17, 15) is 12.8 Å². The van der Waals surface area contributed by atoms with E-state index in [4.69, 9.17) is 10.5 Å². The zero-order valence-corrected chi connectivity index (χ0v) is 10.6. The lowest BCUT2D eigenvalue weighted by molar-refractivity contribution is 0.387. The molecule has 0 unspecified atom stereocenters. The second-order valence-electron chi connectivity index (χ2n) is 3.18. The van der Waals surface area contributed by atoms with Crippen LogP contribution in [0.2, 0.25) is 0 Å². The second kappa shape index (κ2) is 5.28. The highest BCUT2D eigenvalue weighted by molar-refractivity contribution is 7.95. The van der Waals surface area contributed by atoms with Gasteiger partial charge in [-0.15, -0.1) is 0 Å². The van der Waals surface area contributed by atoms with E-state index in [2.05, 4.69) is 16.9 Å². The standard InChI is InChI=1S/C9H11FN2O3S2/c1-15-8-4-6(2-3-7(8)10)12-17(13,14)5-9(11)16/h2-4,12H,5H2,1H3,(H2,11,16). The third-order valence-corrected chi connectivity index (χ3v) is 3.32. The zero-order chi connectivity index (χ0) is 13.1. The highest BCUT2D eigenvalue weighted by Crippen LogP contribution is 2.22. The van der Waals surface area contributed by atoms with E-state index in [1.54, 1.807) is 0 Å². The highest BCUT2D eigenvalue weighted by atomic mass is 32.2. The highest BCUT2D eigenvalue weighted by Gasteiger charge is 2.13. The van der Waals surface area contributed by atoms with Crippen LogP contribution >= 0.6 is 12.2 Å². The molecule has 0 bridgehead atoms. The van der Waals surface area contributed by atoms with E-state index in [1.807, 2.05) is 0 Å². The molecule has 1 aromatic carbocycles. The molecule has 0 aliphatic rings. The van der Waals surface area contributed by atoms with Crippen LogP contribution in [0, 0.1) is 5.82 Å². The maximum Gasteiger partial charge on any atom is 0.239 e. The molecular formula is C9H11FN2O3S2. The Balaban J connectivity index is 2.92. The summed E-state index contributed by atoms with van der Waals surface area (Å²) in [6, 6.07) is 3.60. The van der Waals surface area contributed by atoms with Crippen molar-refractivity contribution in [2.45, 2.75) is 0 Å². The van der Waals surface area contributed by atoms with Crippen LogP contribution in [0.15, 0.2) is 18.2 Å². The summed E-state index contributed by atoms with van der Waals surface area (Å²) in [6.07, 6.45) is 0. The quantitative estimate of drug-likeness (QED) is 0.781. The van der Waals surface area contributed by atoms with Crippen LogP contribution in [0.3, 0.4) is 0 Å². The molecule has 94 valence electrons. The lowest BCUT2D eigenvalue weighted by Crippen LogP contribution is -2.26. The molecule has 0 aromatic heterocycles. The molecule has 0 radical (unpaired) electrons. The van der Waals surface area contributed by atoms with Crippen molar-refractivity contribution in [2.24, 2.45) is 5.73 Å². The van der Waals surface area contributed by atoms with Crippen molar-refractivity contribution in [1.82, 2.24) is 0 Å². The van der Waals surface area contributed by atoms with E-state index >= 15 is 0 Å². The number of nitrogens with two attached hydrogens (primary N) is 1. The molecule has 3 N–H and O–H groups in total. The van der Waals surface area contributed by atoms with E-state index in [1.165, 1.54) is 19.2 Å². The molecule has 0 atom stereocenters. The van der Waals surface area contributed by atoms with Gasteiger partial charge in [0.25, 0.3) is 0 Å². The minimum atomic E-state index is -3.67. The molecule has 1 aromatic rings. The summed E-state index contributed by atoms with van der Waals surface area (Å²) in [5, 5.41) is 0. The van der Waals surface area contributed by atoms with Crippen LogP contribution in [0.5, 0.6) is 5.75 Å². The van der Waals surface area contributed by atoms with Crippen molar-refractivity contribution < 1.29 is 17.5 Å². The summed E-state index contributed by atoms with van der Waals surface area (Å²) in [6.45, 7) is 0. The van der Waals surface area contributed by atoms with E-state index in [0.717, 1.165) is 6.07 Å². The lowest BCUT2D eigenvalue weighted by Gasteiger charge is -2.09. The van der Waals surface area contributed by atoms with Crippen molar-refractivity contribution in [1.29, 1.82) is 0 Å². The first-order valence-corrected chi connectivity index (χ1v) is 6.52. The second-order valence-corrected chi connectivity index (χ2v) is 5.42. The van der Waals surface area contributed by atoms with Crippen molar-refractivity contribution in [3.63, 3.8) is 0 Å². The van der Waals surface area contributed by atoms with Gasteiger partial charge in [-0.1, -0.05) is 12.2 Å². The number of rotatable bonds is 5. The molecule has 5 nitrogen and oxygen atoms in total. The predicted octanol–water partition coefficient (Wildman–Crippen LogP) is 0.862. The average molecular weight is 278 g/mol. The Morgan fingerprint density at radius 2 is 2.24 bits per heavy atom. The maximum absolute atomic E-state index is 13.1. The summed E-state index contributed by atoms with van der Waals surface area (Å²) >= 11 is 4.50. The third kappa shape index (κ3) is 4.16. The number of benzene rings is 1. The summed E-state index contributed by atoms with van der Waals surface area (Å²) in [4.78, 5) is -0.147. The van der Waals surface area contributed by atoms with Gasteiger partial charge in [-0.05, 0) is 12.1 Å². The summed E-state index contributed by atoms with van der Waals surface area (Å²) < 4.78 is 43.0. The van der Waals surface area contributed by atoms with Gasteiger partial charge in [0.1, 0.15) is 5.75 Å². The summed E-state index contributed by atoms with van der Waals surface area (Å²) in [5.41, 5.74) is 5.32. The normalized spacial score (nSPS) is 10.9. The fraction of sp³-hybridized carbons (Fsp3) is 0.222. The van der Waals surface area contributed by atoms with Crippen LogP contribution in [-0.2, 0) is 10.0 Å². The number of hydrogen-bond donors (Lipinski definition) is 2. The van der Waals surface area contributed by atoms with Crippen LogP contribution in [0.4, 0.5) is 10.1 Å². The average Bonchev–Trinajstić information content (AvgIpc) is 2.18. The molecule has 8 heteroatoms. The van der Waals surface area contributed by atoms with Gasteiger partial charge in [-0.2, -0.15) is 0 Å². The predicted molar refractivity (Wildman–Crippen MR) is 67.1 cm³/mol. The monoisotopic (exact) mass is 278 g/mol. The summed E-state index contributed by atoms with van der Waals surface area (Å²) in [7, 11) is -2.38. The Morgan fingerprint density at radius 3 is 2.76 bits per heavy atom. The molecule has 0 saturated heterocycles. The molecule has 0 fully saturated rings. The van der Waals surface area contributed by atoms with Gasteiger partial charge in [0, 0.05) is 6.07 Å². The molecule has 0 amide bonds. The van der Waals surface area contributed by atoms with Crippen molar-refractivity contribution >= 4 is 32.9 Å². The van der Waals surface area contributed by atoms with Crippen LogP contribution < -0.4 is 15.2 Å². The number of thiocarbonyl (C=S) groups is 1. The number of methoxy groups -OCH3 is 1. The number of ether oxygens (including phenoxy) is 1. The molecule has 0 spiro atoms. The Hall–Kier alpha value is -1.41. The Kier molecular flexibility index (Phi) is 4.24. The fourth-order valence-electron chi connectivity index (χ4n) is 1.13. The van der Waals surface area contributed by atoms with Gasteiger partial charge in [-0.25, -0.2) is 12.8 Å². The molecule has 0 aliphatic carbocycles. The topological polar surface area (TPSA) is 81.4 Å². The Morgan fingerprint density at radius 1 is 1.59 bits per heavy atom. The number of hydrogen-bond acceptors (Lipinski definition) is 4. The van der Waals surface area contributed by atoms with Crippen LogP contribution in [-0.4, -0.2) is 26.3 Å². The third-order valence-electron chi connectivity index (χ3n) is 1.76. The van der Waals surface area contributed by atoms with Gasteiger partial charge in [0.15, 0.2) is 11.6 Å². The SMILES string of the molecule is COc1cc(NS(=O)(=O)CC(N)=S)ccc1F. The minimum Gasteiger partial charge on any atom is -0.494 e. The maximum atomic E-state index is 13.1. The van der Waals surface area contributed by atoms with Crippen molar-refractivity contribution in [3.05, 3.63) is 24.0 Å². The van der Waals surface area contributed by atoms with E-state index in [0.29, 0.717) is 0 Å². The molecule has 0 heterocycles. The van der Waals surface area contributed by atoms with Gasteiger partial charge in [0.05, 0.1) is 17.8 Å². The fourth-order valence-corrected chi connectivity index (χ4v) is 2.52. The Bertz CT molecular complexity index is 531. The van der Waals surface area contributed by atoms with Crippen LogP contribution in [0.25, 0.3) is 0 Å². The van der Waals surface area contributed by atoms with Gasteiger partial charge < -0.3 is 10.5 Å². The number of sulfonamides is 1. The molecule has 0 aliphatic heterocycles.